The largest absolute Gasteiger partial charge is 0.476 e. The summed E-state index contributed by atoms with van der Waals surface area (Å²) in [7, 11) is 0. The van der Waals surface area contributed by atoms with Crippen molar-refractivity contribution in [1.29, 1.82) is 0 Å². The van der Waals surface area contributed by atoms with Gasteiger partial charge in [0.25, 0.3) is 0 Å². The van der Waals surface area contributed by atoms with Gasteiger partial charge in [-0.1, -0.05) is 23.7 Å². The maximum absolute atomic E-state index is 11.0. The van der Waals surface area contributed by atoms with Gasteiger partial charge in [-0.3, -0.25) is 0 Å². The van der Waals surface area contributed by atoms with E-state index in [9.17, 15) is 4.79 Å². The summed E-state index contributed by atoms with van der Waals surface area (Å²) < 4.78 is 1.47. The van der Waals surface area contributed by atoms with E-state index in [1.54, 1.807) is 25.3 Å². The molecule has 0 radical (unpaired) electrons. The Morgan fingerprint density at radius 2 is 1.95 bits per heavy atom. The van der Waals surface area contributed by atoms with Crippen LogP contribution in [0.25, 0.3) is 16.8 Å². The number of carbonyl (C=O) groups is 1. The minimum absolute atomic E-state index is 0.108. The van der Waals surface area contributed by atoms with E-state index in [1.807, 2.05) is 12.1 Å². The van der Waals surface area contributed by atoms with Gasteiger partial charge in [0.05, 0.1) is 11.9 Å². The molecule has 0 atom stereocenters. The first kappa shape index (κ1) is 12.6. The molecule has 0 amide bonds. The minimum atomic E-state index is -1.12. The van der Waals surface area contributed by atoms with Crippen LogP contribution in [0.3, 0.4) is 0 Å². The first-order valence-electron chi connectivity index (χ1n) is 5.78. The zero-order chi connectivity index (χ0) is 14.3. The standard InChI is InChI=1S/C13H9ClN4O2/c1-7-11(13(19)20)16-17-12-10(6-15-18(7)12)8-2-4-9(14)5-3-8/h2-6H,1H3,(H,19,20). The zero-order valence-corrected chi connectivity index (χ0v) is 11.2. The molecule has 0 aliphatic heterocycles. The van der Waals surface area contributed by atoms with Gasteiger partial charge in [-0.05, 0) is 24.6 Å². The highest BCUT2D eigenvalue weighted by Crippen LogP contribution is 2.25. The maximum Gasteiger partial charge on any atom is 0.358 e. The molecule has 3 rings (SSSR count). The predicted molar refractivity (Wildman–Crippen MR) is 72.9 cm³/mol. The van der Waals surface area contributed by atoms with Gasteiger partial charge < -0.3 is 5.11 Å². The van der Waals surface area contributed by atoms with Gasteiger partial charge in [0.15, 0.2) is 11.3 Å². The molecule has 100 valence electrons. The predicted octanol–water partition coefficient (Wildman–Crippen LogP) is 2.45. The number of carboxylic acids is 1. The Bertz CT molecular complexity index is 811. The fourth-order valence-electron chi connectivity index (χ4n) is 1.98. The van der Waals surface area contributed by atoms with Crippen LogP contribution in [0.15, 0.2) is 30.5 Å². The molecule has 1 aromatic carbocycles. The van der Waals surface area contributed by atoms with E-state index in [2.05, 4.69) is 15.3 Å². The van der Waals surface area contributed by atoms with Crippen LogP contribution in [0.2, 0.25) is 5.02 Å². The molecule has 20 heavy (non-hydrogen) atoms. The highest BCUT2D eigenvalue weighted by Gasteiger charge is 2.16. The van der Waals surface area contributed by atoms with Crippen molar-refractivity contribution in [2.24, 2.45) is 0 Å². The number of rotatable bonds is 2. The SMILES string of the molecule is Cc1c(C(=O)O)nnc2c(-c3ccc(Cl)cc3)cnn12. The Labute approximate surface area is 118 Å². The Morgan fingerprint density at radius 1 is 1.25 bits per heavy atom. The van der Waals surface area contributed by atoms with Crippen LogP contribution < -0.4 is 0 Å². The van der Waals surface area contributed by atoms with Crippen LogP contribution in [-0.2, 0) is 0 Å². The number of benzene rings is 1. The van der Waals surface area contributed by atoms with Crippen molar-refractivity contribution in [3.8, 4) is 11.1 Å². The molecule has 0 aliphatic carbocycles. The second-order valence-electron chi connectivity index (χ2n) is 4.24. The van der Waals surface area contributed by atoms with E-state index in [-0.39, 0.29) is 5.69 Å². The van der Waals surface area contributed by atoms with Crippen molar-refractivity contribution < 1.29 is 9.90 Å². The summed E-state index contributed by atoms with van der Waals surface area (Å²) in [6.45, 7) is 1.64. The number of carboxylic acid groups (broad SMARTS) is 1. The van der Waals surface area contributed by atoms with Crippen LogP contribution in [0, 0.1) is 6.92 Å². The first-order chi connectivity index (χ1) is 9.58. The number of nitrogens with zero attached hydrogens (tertiary/aromatic N) is 4. The molecule has 0 saturated heterocycles. The van der Waals surface area contributed by atoms with E-state index >= 15 is 0 Å². The van der Waals surface area contributed by atoms with E-state index in [0.29, 0.717) is 16.4 Å². The topological polar surface area (TPSA) is 80.4 Å². The number of hydrogen-bond acceptors (Lipinski definition) is 4. The Morgan fingerprint density at radius 3 is 2.60 bits per heavy atom. The lowest BCUT2D eigenvalue weighted by Gasteiger charge is -2.02. The lowest BCUT2D eigenvalue weighted by molar-refractivity contribution is 0.0687. The number of aromatic carboxylic acids is 1. The van der Waals surface area contributed by atoms with Crippen LogP contribution in [0.4, 0.5) is 0 Å². The number of aromatic nitrogens is 4. The zero-order valence-electron chi connectivity index (χ0n) is 10.4. The fourth-order valence-corrected chi connectivity index (χ4v) is 2.11. The van der Waals surface area contributed by atoms with Crippen molar-refractivity contribution in [3.05, 3.63) is 46.9 Å². The van der Waals surface area contributed by atoms with Crippen LogP contribution >= 0.6 is 11.6 Å². The first-order valence-corrected chi connectivity index (χ1v) is 6.16. The molecule has 3 aromatic rings. The normalized spacial score (nSPS) is 10.9. The van der Waals surface area contributed by atoms with Crippen molar-refractivity contribution in [2.45, 2.75) is 6.92 Å². The number of hydrogen-bond donors (Lipinski definition) is 1. The molecule has 0 unspecified atom stereocenters. The fraction of sp³-hybridized carbons (Fsp3) is 0.0769. The van der Waals surface area contributed by atoms with Crippen molar-refractivity contribution in [2.75, 3.05) is 0 Å². The minimum Gasteiger partial charge on any atom is -0.476 e. The van der Waals surface area contributed by atoms with E-state index in [1.165, 1.54) is 4.52 Å². The molecule has 2 aromatic heterocycles. The quantitative estimate of drug-likeness (QED) is 0.783. The van der Waals surface area contributed by atoms with Gasteiger partial charge >= 0.3 is 5.97 Å². The molecule has 7 heteroatoms. The summed E-state index contributed by atoms with van der Waals surface area (Å²) in [6, 6.07) is 7.24. The van der Waals surface area contributed by atoms with E-state index < -0.39 is 5.97 Å². The molecule has 1 N–H and O–H groups in total. The summed E-state index contributed by atoms with van der Waals surface area (Å²) in [5.41, 5.74) is 2.50. The molecule has 6 nitrogen and oxygen atoms in total. The third-order valence-electron chi connectivity index (χ3n) is 3.01. The Balaban J connectivity index is 2.22. The van der Waals surface area contributed by atoms with Crippen molar-refractivity contribution in [1.82, 2.24) is 19.8 Å². The average Bonchev–Trinajstić information content (AvgIpc) is 2.84. The number of halogens is 1. The second-order valence-corrected chi connectivity index (χ2v) is 4.68. The van der Waals surface area contributed by atoms with Crippen LogP contribution in [0.1, 0.15) is 16.2 Å². The second kappa shape index (κ2) is 4.57. The van der Waals surface area contributed by atoms with Crippen molar-refractivity contribution in [3.63, 3.8) is 0 Å². The molecule has 0 spiro atoms. The van der Waals surface area contributed by atoms with Gasteiger partial charge in [0.1, 0.15) is 0 Å². The summed E-state index contributed by atoms with van der Waals surface area (Å²) in [5.74, 6) is -1.12. The third-order valence-corrected chi connectivity index (χ3v) is 3.26. The number of fused-ring (bicyclic) bond motifs is 1. The molecular weight excluding hydrogens is 280 g/mol. The highest BCUT2D eigenvalue weighted by atomic mass is 35.5. The van der Waals surface area contributed by atoms with E-state index in [4.69, 9.17) is 16.7 Å². The Kier molecular flexibility index (Phi) is 2.87. The molecule has 2 heterocycles. The van der Waals surface area contributed by atoms with Gasteiger partial charge in [0, 0.05) is 10.6 Å². The smallest absolute Gasteiger partial charge is 0.358 e. The monoisotopic (exact) mass is 288 g/mol. The van der Waals surface area contributed by atoms with Crippen LogP contribution in [0.5, 0.6) is 0 Å². The van der Waals surface area contributed by atoms with Gasteiger partial charge in [-0.15, -0.1) is 10.2 Å². The van der Waals surface area contributed by atoms with Gasteiger partial charge in [-0.2, -0.15) is 5.10 Å². The highest BCUT2D eigenvalue weighted by molar-refractivity contribution is 6.30. The van der Waals surface area contributed by atoms with Gasteiger partial charge in [-0.25, -0.2) is 9.31 Å². The maximum atomic E-state index is 11.0. The molecule has 0 saturated carbocycles. The summed E-state index contributed by atoms with van der Waals surface area (Å²) in [4.78, 5) is 11.0. The molecule has 0 aliphatic rings. The summed E-state index contributed by atoms with van der Waals surface area (Å²) >= 11 is 5.86. The summed E-state index contributed by atoms with van der Waals surface area (Å²) in [5, 5.41) is 21.5. The van der Waals surface area contributed by atoms with Crippen LogP contribution in [-0.4, -0.2) is 30.9 Å². The molecular formula is C13H9ClN4O2. The Hall–Kier alpha value is -2.47. The molecule has 0 bridgehead atoms. The number of aryl methyl sites for hydroxylation is 1. The van der Waals surface area contributed by atoms with Gasteiger partial charge in [0.2, 0.25) is 0 Å². The third kappa shape index (κ3) is 1.90. The lowest BCUT2D eigenvalue weighted by Crippen LogP contribution is -2.10. The van der Waals surface area contributed by atoms with E-state index in [0.717, 1.165) is 11.1 Å². The average molecular weight is 289 g/mol. The van der Waals surface area contributed by atoms with Crippen molar-refractivity contribution >= 4 is 23.2 Å². The summed E-state index contributed by atoms with van der Waals surface area (Å²) in [6.07, 6.45) is 1.63. The lowest BCUT2D eigenvalue weighted by atomic mass is 10.1. The molecule has 0 fully saturated rings.